The first kappa shape index (κ1) is 20.0. The minimum absolute atomic E-state index is 0.158. The molecule has 0 saturated carbocycles. The number of hydrogen-bond donors (Lipinski definition) is 1. The molecule has 9 heteroatoms. The van der Waals surface area contributed by atoms with Crippen molar-refractivity contribution in [2.75, 3.05) is 25.0 Å². The number of carbonyl (C=O) groups is 2. The van der Waals surface area contributed by atoms with Crippen LogP contribution >= 0.6 is 11.3 Å². The number of anilines is 1. The number of likely N-dealkylation sites (N-methyl/N-ethyl adjacent to an activating group) is 1. The molecular weight excluding hydrogens is 382 g/mol. The third kappa shape index (κ3) is 4.05. The van der Waals surface area contributed by atoms with Gasteiger partial charge in [-0.15, -0.1) is 11.3 Å². The molecule has 0 aliphatic carbocycles. The van der Waals surface area contributed by atoms with Crippen LogP contribution in [-0.2, 0) is 17.7 Å². The van der Waals surface area contributed by atoms with Crippen molar-refractivity contribution in [3.8, 4) is 0 Å². The Bertz CT molecular complexity index is 924. The molecule has 1 aromatic heterocycles. The molecule has 0 atom stereocenters. The first-order chi connectivity index (χ1) is 13.4. The minimum Gasteiger partial charge on any atom is -0.462 e. The van der Waals surface area contributed by atoms with Crippen LogP contribution in [0.2, 0.25) is 0 Å². The maximum absolute atomic E-state index is 12.7. The third-order valence-corrected chi connectivity index (χ3v) is 5.74. The Morgan fingerprint density at radius 1 is 1.36 bits per heavy atom. The maximum atomic E-state index is 12.7. The lowest BCUT2D eigenvalue weighted by Gasteiger charge is -2.25. The number of thiophene rings is 1. The van der Waals surface area contributed by atoms with Gasteiger partial charge in [-0.25, -0.2) is 4.79 Å². The second kappa shape index (κ2) is 8.49. The second-order valence-corrected chi connectivity index (χ2v) is 7.41. The zero-order valence-electron chi connectivity index (χ0n) is 15.7. The standard InChI is InChI=1S/C19H21N3O5S/c1-3-21-9-8-14-15(11-21)28-18(16(14)19(24)27-4-2)20-17(23)12-6-5-7-13(10-12)22(25)26/h5-7,10H,3-4,8-9,11H2,1-2H3,(H,20,23). The van der Waals surface area contributed by atoms with Gasteiger partial charge in [-0.05, 0) is 31.5 Å². The van der Waals surface area contributed by atoms with Crippen molar-refractivity contribution in [1.82, 2.24) is 4.90 Å². The smallest absolute Gasteiger partial charge is 0.341 e. The van der Waals surface area contributed by atoms with Crippen molar-refractivity contribution in [2.45, 2.75) is 26.8 Å². The molecule has 1 N–H and O–H groups in total. The average Bonchev–Trinajstić information content (AvgIpc) is 3.04. The number of nitrogens with one attached hydrogen (secondary N) is 1. The first-order valence-electron chi connectivity index (χ1n) is 9.04. The molecule has 148 valence electrons. The van der Waals surface area contributed by atoms with Gasteiger partial charge in [0.1, 0.15) is 5.00 Å². The number of non-ortho nitro benzene ring substituents is 1. The summed E-state index contributed by atoms with van der Waals surface area (Å²) in [6.07, 6.45) is 0.709. The van der Waals surface area contributed by atoms with Gasteiger partial charge in [0.15, 0.2) is 0 Å². The Hall–Kier alpha value is -2.78. The third-order valence-electron chi connectivity index (χ3n) is 4.61. The SMILES string of the molecule is CCOC(=O)c1c(NC(=O)c2cccc([N+](=O)[O-])c2)sc2c1CCN(CC)C2. The van der Waals surface area contributed by atoms with E-state index in [1.54, 1.807) is 6.92 Å². The van der Waals surface area contributed by atoms with Crippen LogP contribution in [0.5, 0.6) is 0 Å². The monoisotopic (exact) mass is 403 g/mol. The summed E-state index contributed by atoms with van der Waals surface area (Å²) >= 11 is 1.36. The number of benzene rings is 1. The molecule has 0 radical (unpaired) electrons. The summed E-state index contributed by atoms with van der Waals surface area (Å²) in [6, 6.07) is 5.49. The fourth-order valence-corrected chi connectivity index (χ4v) is 4.44. The summed E-state index contributed by atoms with van der Waals surface area (Å²) in [5.41, 5.74) is 1.31. The van der Waals surface area contributed by atoms with Gasteiger partial charge in [-0.3, -0.25) is 19.8 Å². The highest BCUT2D eigenvalue weighted by atomic mass is 32.1. The topological polar surface area (TPSA) is 102 Å². The number of ether oxygens (including phenoxy) is 1. The fraction of sp³-hybridized carbons (Fsp3) is 0.368. The van der Waals surface area contributed by atoms with Crippen molar-refractivity contribution >= 4 is 33.9 Å². The molecule has 0 saturated heterocycles. The molecule has 0 spiro atoms. The molecular formula is C19H21N3O5S. The Morgan fingerprint density at radius 3 is 2.82 bits per heavy atom. The van der Waals surface area contributed by atoms with E-state index < -0.39 is 16.8 Å². The molecule has 3 rings (SSSR count). The van der Waals surface area contributed by atoms with Crippen LogP contribution in [0.1, 0.15) is 45.0 Å². The lowest BCUT2D eigenvalue weighted by Crippen LogP contribution is -2.30. The highest BCUT2D eigenvalue weighted by molar-refractivity contribution is 7.17. The zero-order chi connectivity index (χ0) is 20.3. The van der Waals surface area contributed by atoms with Crippen LogP contribution in [-0.4, -0.2) is 41.4 Å². The molecule has 1 aromatic carbocycles. The molecule has 0 bridgehead atoms. The van der Waals surface area contributed by atoms with Gasteiger partial charge in [0.25, 0.3) is 11.6 Å². The Morgan fingerprint density at radius 2 is 2.14 bits per heavy atom. The van der Waals surface area contributed by atoms with Crippen LogP contribution < -0.4 is 5.32 Å². The van der Waals surface area contributed by atoms with Crippen molar-refractivity contribution in [3.05, 3.63) is 55.9 Å². The minimum atomic E-state index is -0.552. The average molecular weight is 403 g/mol. The Kier molecular flexibility index (Phi) is 6.05. The highest BCUT2D eigenvalue weighted by Gasteiger charge is 2.29. The van der Waals surface area contributed by atoms with Crippen molar-refractivity contribution < 1.29 is 19.2 Å². The molecule has 0 fully saturated rings. The van der Waals surface area contributed by atoms with E-state index in [0.717, 1.165) is 30.1 Å². The summed E-state index contributed by atoms with van der Waals surface area (Å²) in [4.78, 5) is 38.9. The summed E-state index contributed by atoms with van der Waals surface area (Å²) in [7, 11) is 0. The summed E-state index contributed by atoms with van der Waals surface area (Å²) in [5, 5.41) is 14.1. The summed E-state index contributed by atoms with van der Waals surface area (Å²) in [5.74, 6) is -0.959. The largest absolute Gasteiger partial charge is 0.462 e. The Balaban J connectivity index is 1.93. The summed E-state index contributed by atoms with van der Waals surface area (Å²) < 4.78 is 5.20. The predicted molar refractivity (Wildman–Crippen MR) is 106 cm³/mol. The molecule has 8 nitrogen and oxygen atoms in total. The molecule has 1 aliphatic heterocycles. The van der Waals surface area contributed by atoms with Gasteiger partial charge in [0.05, 0.1) is 17.1 Å². The molecule has 2 aromatic rings. The number of nitro benzene ring substituents is 1. The van der Waals surface area contributed by atoms with Crippen molar-refractivity contribution in [1.29, 1.82) is 0 Å². The number of carbonyl (C=O) groups excluding carboxylic acids is 2. The predicted octanol–water partition coefficient (Wildman–Crippen LogP) is 3.46. The van der Waals surface area contributed by atoms with Crippen molar-refractivity contribution in [2.24, 2.45) is 0 Å². The normalized spacial score (nSPS) is 13.6. The van der Waals surface area contributed by atoms with Gasteiger partial charge >= 0.3 is 5.97 Å². The molecule has 0 unspecified atom stereocenters. The number of nitro groups is 1. The van der Waals surface area contributed by atoms with Crippen LogP contribution in [0.25, 0.3) is 0 Å². The first-order valence-corrected chi connectivity index (χ1v) is 9.86. The van der Waals surface area contributed by atoms with E-state index in [0.29, 0.717) is 17.0 Å². The van der Waals surface area contributed by atoms with Gasteiger partial charge < -0.3 is 10.1 Å². The number of hydrogen-bond acceptors (Lipinski definition) is 7. The Labute approximate surface area is 166 Å². The number of fused-ring (bicyclic) bond motifs is 1. The quantitative estimate of drug-likeness (QED) is 0.450. The number of amides is 1. The lowest BCUT2D eigenvalue weighted by atomic mass is 10.0. The van der Waals surface area contributed by atoms with Gasteiger partial charge in [-0.2, -0.15) is 0 Å². The van der Waals surface area contributed by atoms with E-state index >= 15 is 0 Å². The fourth-order valence-electron chi connectivity index (χ4n) is 3.17. The lowest BCUT2D eigenvalue weighted by molar-refractivity contribution is -0.384. The van der Waals surface area contributed by atoms with Crippen LogP contribution in [0.3, 0.4) is 0 Å². The highest BCUT2D eigenvalue weighted by Crippen LogP contribution is 2.38. The van der Waals surface area contributed by atoms with Gasteiger partial charge in [0, 0.05) is 35.7 Å². The zero-order valence-corrected chi connectivity index (χ0v) is 16.5. The van der Waals surface area contributed by atoms with E-state index in [4.69, 9.17) is 4.74 Å². The van der Waals surface area contributed by atoms with E-state index in [1.165, 1.54) is 35.6 Å². The number of nitrogens with zero attached hydrogens (tertiary/aromatic N) is 2. The van der Waals surface area contributed by atoms with Gasteiger partial charge in [-0.1, -0.05) is 13.0 Å². The van der Waals surface area contributed by atoms with Crippen LogP contribution in [0.4, 0.5) is 10.7 Å². The number of esters is 1. The molecule has 2 heterocycles. The molecule has 28 heavy (non-hydrogen) atoms. The van der Waals surface area contributed by atoms with Crippen molar-refractivity contribution in [3.63, 3.8) is 0 Å². The van der Waals surface area contributed by atoms with Crippen LogP contribution in [0.15, 0.2) is 24.3 Å². The second-order valence-electron chi connectivity index (χ2n) is 6.31. The molecule has 1 amide bonds. The molecule has 1 aliphatic rings. The maximum Gasteiger partial charge on any atom is 0.341 e. The van der Waals surface area contributed by atoms with Crippen LogP contribution in [0, 0.1) is 10.1 Å². The van der Waals surface area contributed by atoms with E-state index in [-0.39, 0.29) is 17.9 Å². The van der Waals surface area contributed by atoms with E-state index in [9.17, 15) is 19.7 Å². The summed E-state index contributed by atoms with van der Waals surface area (Å²) in [6.45, 7) is 6.51. The van der Waals surface area contributed by atoms with Gasteiger partial charge in [0.2, 0.25) is 0 Å². The number of rotatable bonds is 6. The van der Waals surface area contributed by atoms with E-state index in [2.05, 4.69) is 17.1 Å². The van der Waals surface area contributed by atoms with E-state index in [1.807, 2.05) is 0 Å².